The first-order valence-electron chi connectivity index (χ1n) is 6.50. The molecule has 0 atom stereocenters. The Morgan fingerprint density at radius 3 is 2.48 bits per heavy atom. The van der Waals surface area contributed by atoms with E-state index in [4.69, 9.17) is 4.74 Å². The molecule has 1 N–H and O–H groups in total. The number of nitrogens with zero attached hydrogens (tertiary/aromatic N) is 3. The number of rotatable bonds is 5. The average Bonchev–Trinajstić information content (AvgIpc) is 2.40. The number of aryl methyl sites for hydroxylation is 2. The normalized spacial score (nSPS) is 10.2. The van der Waals surface area contributed by atoms with Crippen molar-refractivity contribution >= 4 is 17.2 Å². The third-order valence-electron chi connectivity index (χ3n) is 2.78. The third-order valence-corrected chi connectivity index (χ3v) is 2.78. The monoisotopic (exact) mass is 288 g/mol. The number of hydrogen-bond acceptors (Lipinski definition) is 6. The summed E-state index contributed by atoms with van der Waals surface area (Å²) in [7, 11) is 0. The van der Waals surface area contributed by atoms with E-state index < -0.39 is 4.92 Å². The Balaban J connectivity index is 2.32. The maximum Gasteiger partial charge on any atom is 0.332 e. The third kappa shape index (κ3) is 3.44. The molecule has 2 aromatic rings. The zero-order valence-electron chi connectivity index (χ0n) is 12.1. The van der Waals surface area contributed by atoms with Crippen LogP contribution < -0.4 is 10.1 Å². The average molecular weight is 288 g/mol. The van der Waals surface area contributed by atoms with Crippen LogP contribution in [-0.4, -0.2) is 21.5 Å². The van der Waals surface area contributed by atoms with Crippen LogP contribution in [0.4, 0.5) is 17.2 Å². The Morgan fingerprint density at radius 2 is 1.90 bits per heavy atom. The van der Waals surface area contributed by atoms with Crippen molar-refractivity contribution < 1.29 is 9.66 Å². The fourth-order valence-electron chi connectivity index (χ4n) is 1.95. The molecule has 0 aliphatic heterocycles. The highest BCUT2D eigenvalue weighted by Gasteiger charge is 2.21. The molecule has 0 fully saturated rings. The Bertz CT molecular complexity index is 656. The Morgan fingerprint density at radius 1 is 1.24 bits per heavy atom. The quantitative estimate of drug-likeness (QED) is 0.671. The van der Waals surface area contributed by atoms with E-state index in [9.17, 15) is 10.1 Å². The molecule has 0 saturated carbocycles. The van der Waals surface area contributed by atoms with Crippen LogP contribution >= 0.6 is 0 Å². The van der Waals surface area contributed by atoms with Crippen LogP contribution in [0.25, 0.3) is 0 Å². The van der Waals surface area contributed by atoms with Gasteiger partial charge in [-0.1, -0.05) is 0 Å². The summed E-state index contributed by atoms with van der Waals surface area (Å²) in [5.41, 5.74) is 0.912. The van der Waals surface area contributed by atoms with Crippen molar-refractivity contribution in [2.24, 2.45) is 0 Å². The van der Waals surface area contributed by atoms with Gasteiger partial charge >= 0.3 is 5.69 Å². The van der Waals surface area contributed by atoms with E-state index >= 15 is 0 Å². The van der Waals surface area contributed by atoms with Gasteiger partial charge in [-0.15, -0.1) is 0 Å². The minimum absolute atomic E-state index is 0.116. The molecule has 1 aromatic carbocycles. The zero-order chi connectivity index (χ0) is 15.4. The van der Waals surface area contributed by atoms with Gasteiger partial charge in [0.1, 0.15) is 17.3 Å². The summed E-state index contributed by atoms with van der Waals surface area (Å²) in [6, 6.07) is 7.14. The van der Waals surface area contributed by atoms with Crippen LogP contribution in [-0.2, 0) is 0 Å². The summed E-state index contributed by atoms with van der Waals surface area (Å²) in [4.78, 5) is 18.8. The van der Waals surface area contributed by atoms with Crippen LogP contribution in [0.1, 0.15) is 18.4 Å². The number of nitrogens with one attached hydrogen (secondary N) is 1. The Labute approximate surface area is 122 Å². The van der Waals surface area contributed by atoms with Crippen LogP contribution in [0.2, 0.25) is 0 Å². The lowest BCUT2D eigenvalue weighted by molar-refractivity contribution is -0.385. The van der Waals surface area contributed by atoms with E-state index in [1.807, 2.05) is 6.92 Å². The summed E-state index contributed by atoms with van der Waals surface area (Å²) in [6.07, 6.45) is 0. The van der Waals surface area contributed by atoms with Crippen LogP contribution in [0.5, 0.6) is 5.75 Å². The number of benzene rings is 1. The molecule has 110 valence electrons. The molecule has 0 unspecified atom stereocenters. The molecule has 0 aliphatic rings. The molecule has 0 bridgehead atoms. The van der Waals surface area contributed by atoms with Crippen molar-refractivity contribution in [1.29, 1.82) is 0 Å². The summed E-state index contributed by atoms with van der Waals surface area (Å²) < 4.78 is 5.35. The van der Waals surface area contributed by atoms with Gasteiger partial charge in [0.15, 0.2) is 0 Å². The predicted molar refractivity (Wildman–Crippen MR) is 79.1 cm³/mol. The fraction of sp³-hybridized carbons (Fsp3) is 0.286. The minimum Gasteiger partial charge on any atom is -0.494 e. The highest BCUT2D eigenvalue weighted by atomic mass is 16.6. The predicted octanol–water partition coefficient (Wildman–Crippen LogP) is 3.14. The first kappa shape index (κ1) is 14.7. The standard InChI is InChI=1S/C14H16N4O3/c1-4-21-12-7-5-11(6-8-12)17-14-13(18(19)20)9(2)15-10(3)16-14/h5-8H,4H2,1-3H3,(H,15,16,17). The van der Waals surface area contributed by atoms with Gasteiger partial charge in [-0.05, 0) is 45.0 Å². The van der Waals surface area contributed by atoms with Crippen molar-refractivity contribution in [1.82, 2.24) is 9.97 Å². The Hall–Kier alpha value is -2.70. The van der Waals surface area contributed by atoms with Gasteiger partial charge in [0, 0.05) is 5.69 Å². The molecule has 7 heteroatoms. The first-order valence-corrected chi connectivity index (χ1v) is 6.50. The Kier molecular flexibility index (Phi) is 4.32. The SMILES string of the molecule is CCOc1ccc(Nc2nc(C)nc(C)c2[N+](=O)[O-])cc1. The molecule has 21 heavy (non-hydrogen) atoms. The lowest BCUT2D eigenvalue weighted by atomic mass is 10.3. The van der Waals surface area contributed by atoms with Crippen molar-refractivity contribution in [3.8, 4) is 5.75 Å². The number of nitro groups is 1. The van der Waals surface area contributed by atoms with E-state index in [0.29, 0.717) is 23.8 Å². The van der Waals surface area contributed by atoms with Gasteiger partial charge in [-0.25, -0.2) is 9.97 Å². The first-order chi connectivity index (χ1) is 10.0. The van der Waals surface area contributed by atoms with Gasteiger partial charge in [0.2, 0.25) is 5.82 Å². The van der Waals surface area contributed by atoms with Crippen LogP contribution in [0, 0.1) is 24.0 Å². The van der Waals surface area contributed by atoms with Crippen LogP contribution in [0.3, 0.4) is 0 Å². The second-order valence-corrected chi connectivity index (χ2v) is 4.39. The van der Waals surface area contributed by atoms with Crippen LogP contribution in [0.15, 0.2) is 24.3 Å². The number of anilines is 2. The molecule has 1 aromatic heterocycles. The van der Waals surface area contributed by atoms with Gasteiger partial charge in [-0.3, -0.25) is 10.1 Å². The van der Waals surface area contributed by atoms with Gasteiger partial charge in [0.25, 0.3) is 0 Å². The van der Waals surface area contributed by atoms with Crippen molar-refractivity contribution in [2.75, 3.05) is 11.9 Å². The van der Waals surface area contributed by atoms with Gasteiger partial charge in [-0.2, -0.15) is 0 Å². The number of ether oxygens (including phenoxy) is 1. The molecule has 0 amide bonds. The second-order valence-electron chi connectivity index (χ2n) is 4.39. The number of aromatic nitrogens is 2. The minimum atomic E-state index is -0.480. The van der Waals surface area contributed by atoms with E-state index in [1.54, 1.807) is 38.1 Å². The smallest absolute Gasteiger partial charge is 0.332 e. The maximum atomic E-state index is 11.1. The van der Waals surface area contributed by atoms with E-state index in [1.165, 1.54) is 0 Å². The van der Waals surface area contributed by atoms with Gasteiger partial charge in [0.05, 0.1) is 11.5 Å². The largest absolute Gasteiger partial charge is 0.494 e. The highest BCUT2D eigenvalue weighted by Crippen LogP contribution is 2.28. The summed E-state index contributed by atoms with van der Waals surface area (Å²) in [5, 5.41) is 14.1. The maximum absolute atomic E-state index is 11.1. The van der Waals surface area contributed by atoms with E-state index in [2.05, 4.69) is 15.3 Å². The lowest BCUT2D eigenvalue weighted by Gasteiger charge is -2.09. The molecule has 1 heterocycles. The molecular weight excluding hydrogens is 272 g/mol. The summed E-state index contributed by atoms with van der Waals surface area (Å²) >= 11 is 0. The van der Waals surface area contributed by atoms with Crippen molar-refractivity contribution in [3.63, 3.8) is 0 Å². The highest BCUT2D eigenvalue weighted by molar-refractivity contribution is 5.67. The topological polar surface area (TPSA) is 90.2 Å². The van der Waals surface area contributed by atoms with Gasteiger partial charge < -0.3 is 10.1 Å². The summed E-state index contributed by atoms with van der Waals surface area (Å²) in [5.74, 6) is 1.41. The zero-order valence-corrected chi connectivity index (χ0v) is 12.1. The molecule has 0 spiro atoms. The van der Waals surface area contributed by atoms with E-state index in [-0.39, 0.29) is 11.5 Å². The molecular formula is C14H16N4O3. The fourth-order valence-corrected chi connectivity index (χ4v) is 1.95. The molecule has 7 nitrogen and oxygen atoms in total. The lowest BCUT2D eigenvalue weighted by Crippen LogP contribution is -2.05. The summed E-state index contributed by atoms with van der Waals surface area (Å²) in [6.45, 7) is 5.78. The molecule has 0 radical (unpaired) electrons. The van der Waals surface area contributed by atoms with Crippen molar-refractivity contribution in [3.05, 3.63) is 45.9 Å². The van der Waals surface area contributed by atoms with E-state index in [0.717, 1.165) is 5.75 Å². The van der Waals surface area contributed by atoms with Crippen molar-refractivity contribution in [2.45, 2.75) is 20.8 Å². The molecule has 0 saturated heterocycles. The molecule has 0 aliphatic carbocycles. The molecule has 2 rings (SSSR count). The second kappa shape index (κ2) is 6.17. The number of hydrogen-bond donors (Lipinski definition) is 1.